The van der Waals surface area contributed by atoms with Gasteiger partial charge in [0.05, 0.1) is 5.71 Å². The fraction of sp³-hybridized carbons (Fsp3) is 0.300. The van der Waals surface area contributed by atoms with Crippen LogP contribution >= 0.6 is 15.9 Å². The first-order valence-electron chi connectivity index (χ1n) is 4.04. The molecule has 1 aromatic carbocycles. The largest absolute Gasteiger partial charge is 0.399 e. The van der Waals surface area contributed by atoms with Crippen LogP contribution in [0.4, 0.5) is 0 Å². The SMILES string of the molecule is CO/N=C(/C)Cc1ccccc1Br. The van der Waals surface area contributed by atoms with Crippen LogP contribution in [-0.2, 0) is 11.3 Å². The number of rotatable bonds is 3. The molecule has 0 saturated carbocycles. The third-order valence-electron chi connectivity index (χ3n) is 1.65. The van der Waals surface area contributed by atoms with E-state index in [1.54, 1.807) is 7.11 Å². The van der Waals surface area contributed by atoms with Crippen LogP contribution in [0, 0.1) is 0 Å². The number of hydrogen-bond acceptors (Lipinski definition) is 2. The average Bonchev–Trinajstić information content (AvgIpc) is 2.09. The van der Waals surface area contributed by atoms with E-state index in [0.717, 1.165) is 16.6 Å². The fourth-order valence-electron chi connectivity index (χ4n) is 1.11. The van der Waals surface area contributed by atoms with Crippen molar-refractivity contribution in [2.75, 3.05) is 7.11 Å². The van der Waals surface area contributed by atoms with Gasteiger partial charge in [0.25, 0.3) is 0 Å². The van der Waals surface area contributed by atoms with E-state index in [2.05, 4.69) is 32.0 Å². The highest BCUT2D eigenvalue weighted by Gasteiger charge is 2.00. The molecule has 2 nitrogen and oxygen atoms in total. The molecule has 0 aliphatic rings. The van der Waals surface area contributed by atoms with Crippen LogP contribution < -0.4 is 0 Å². The first kappa shape index (κ1) is 10.3. The predicted octanol–water partition coefficient (Wildman–Crippen LogP) is 3.01. The molecule has 70 valence electrons. The summed E-state index contributed by atoms with van der Waals surface area (Å²) in [5.41, 5.74) is 2.19. The molecule has 0 aliphatic heterocycles. The summed E-state index contributed by atoms with van der Waals surface area (Å²) in [5.74, 6) is 0. The molecule has 0 N–H and O–H groups in total. The second kappa shape index (κ2) is 5.02. The van der Waals surface area contributed by atoms with Crippen LogP contribution in [0.25, 0.3) is 0 Å². The molecule has 0 aliphatic carbocycles. The Bertz CT molecular complexity index is 310. The van der Waals surface area contributed by atoms with Crippen molar-refractivity contribution in [3.63, 3.8) is 0 Å². The van der Waals surface area contributed by atoms with Gasteiger partial charge in [-0.2, -0.15) is 0 Å². The Kier molecular flexibility index (Phi) is 3.96. The van der Waals surface area contributed by atoms with Crippen molar-refractivity contribution in [1.29, 1.82) is 0 Å². The smallest absolute Gasteiger partial charge is 0.106 e. The minimum absolute atomic E-state index is 0.815. The summed E-state index contributed by atoms with van der Waals surface area (Å²) >= 11 is 3.48. The van der Waals surface area contributed by atoms with Crippen molar-refractivity contribution >= 4 is 21.6 Å². The maximum Gasteiger partial charge on any atom is 0.106 e. The molecule has 0 bridgehead atoms. The standard InChI is InChI=1S/C10H12BrNO/c1-8(12-13-2)7-9-5-3-4-6-10(9)11/h3-6H,7H2,1-2H3/b12-8-. The van der Waals surface area contributed by atoms with E-state index < -0.39 is 0 Å². The van der Waals surface area contributed by atoms with Gasteiger partial charge < -0.3 is 4.84 Å². The van der Waals surface area contributed by atoms with Crippen LogP contribution in [0.3, 0.4) is 0 Å². The molecular formula is C10H12BrNO. The molecule has 0 atom stereocenters. The summed E-state index contributed by atoms with van der Waals surface area (Å²) in [7, 11) is 1.56. The molecule has 3 heteroatoms. The summed E-state index contributed by atoms with van der Waals surface area (Å²) in [6.07, 6.45) is 0.815. The Morgan fingerprint density at radius 3 is 2.77 bits per heavy atom. The minimum Gasteiger partial charge on any atom is -0.399 e. The predicted molar refractivity (Wildman–Crippen MR) is 58.0 cm³/mol. The maximum atomic E-state index is 4.69. The van der Waals surface area contributed by atoms with E-state index in [1.165, 1.54) is 5.56 Å². The van der Waals surface area contributed by atoms with E-state index in [4.69, 9.17) is 0 Å². The molecule has 0 unspecified atom stereocenters. The van der Waals surface area contributed by atoms with Gasteiger partial charge in [0.1, 0.15) is 7.11 Å². The van der Waals surface area contributed by atoms with Gasteiger partial charge in [0.2, 0.25) is 0 Å². The maximum absolute atomic E-state index is 4.69. The highest BCUT2D eigenvalue weighted by Crippen LogP contribution is 2.16. The van der Waals surface area contributed by atoms with E-state index >= 15 is 0 Å². The Hall–Kier alpha value is -0.830. The lowest BCUT2D eigenvalue weighted by Crippen LogP contribution is -1.98. The molecule has 13 heavy (non-hydrogen) atoms. The number of nitrogens with zero attached hydrogens (tertiary/aromatic N) is 1. The lowest BCUT2D eigenvalue weighted by atomic mass is 10.1. The monoisotopic (exact) mass is 241 g/mol. The van der Waals surface area contributed by atoms with Gasteiger partial charge in [-0.05, 0) is 18.6 Å². The molecule has 0 fully saturated rings. The van der Waals surface area contributed by atoms with Gasteiger partial charge in [-0.15, -0.1) is 0 Å². The molecule has 1 aromatic rings. The Morgan fingerprint density at radius 2 is 2.15 bits per heavy atom. The van der Waals surface area contributed by atoms with Gasteiger partial charge in [0.15, 0.2) is 0 Å². The third-order valence-corrected chi connectivity index (χ3v) is 2.42. The number of benzene rings is 1. The van der Waals surface area contributed by atoms with Crippen molar-refractivity contribution in [3.8, 4) is 0 Å². The first-order valence-corrected chi connectivity index (χ1v) is 4.83. The molecule has 1 rings (SSSR count). The molecule has 0 saturated heterocycles. The third kappa shape index (κ3) is 3.19. The van der Waals surface area contributed by atoms with E-state index in [0.29, 0.717) is 0 Å². The minimum atomic E-state index is 0.815. The van der Waals surface area contributed by atoms with Crippen molar-refractivity contribution in [2.24, 2.45) is 5.16 Å². The lowest BCUT2D eigenvalue weighted by molar-refractivity contribution is 0.212. The van der Waals surface area contributed by atoms with Gasteiger partial charge >= 0.3 is 0 Å². The fourth-order valence-corrected chi connectivity index (χ4v) is 1.53. The van der Waals surface area contributed by atoms with Gasteiger partial charge in [-0.3, -0.25) is 0 Å². The first-order chi connectivity index (χ1) is 6.24. The molecule has 0 radical (unpaired) electrons. The number of halogens is 1. The van der Waals surface area contributed by atoms with Crippen molar-refractivity contribution in [3.05, 3.63) is 34.3 Å². The zero-order valence-corrected chi connectivity index (χ0v) is 9.34. The van der Waals surface area contributed by atoms with Crippen LogP contribution in [0.5, 0.6) is 0 Å². The molecule has 0 heterocycles. The molecular weight excluding hydrogens is 230 g/mol. The Labute approximate surface area is 86.7 Å². The van der Waals surface area contributed by atoms with E-state index in [1.807, 2.05) is 25.1 Å². The highest BCUT2D eigenvalue weighted by atomic mass is 79.9. The molecule has 0 spiro atoms. The second-order valence-electron chi connectivity index (χ2n) is 2.78. The molecule has 0 aromatic heterocycles. The van der Waals surface area contributed by atoms with Gasteiger partial charge in [-0.25, -0.2) is 0 Å². The van der Waals surface area contributed by atoms with Crippen LogP contribution in [0.1, 0.15) is 12.5 Å². The number of oxime groups is 1. The molecule has 0 amide bonds. The second-order valence-corrected chi connectivity index (χ2v) is 3.63. The van der Waals surface area contributed by atoms with E-state index in [-0.39, 0.29) is 0 Å². The van der Waals surface area contributed by atoms with Gasteiger partial charge in [0, 0.05) is 10.9 Å². The Balaban J connectivity index is 2.74. The number of hydrogen-bond donors (Lipinski definition) is 0. The van der Waals surface area contributed by atoms with Crippen molar-refractivity contribution in [1.82, 2.24) is 0 Å². The highest BCUT2D eigenvalue weighted by molar-refractivity contribution is 9.10. The van der Waals surface area contributed by atoms with Crippen LogP contribution in [-0.4, -0.2) is 12.8 Å². The summed E-state index contributed by atoms with van der Waals surface area (Å²) in [6.45, 7) is 1.95. The average molecular weight is 242 g/mol. The zero-order chi connectivity index (χ0) is 9.68. The normalized spacial score (nSPS) is 11.5. The summed E-state index contributed by atoms with van der Waals surface area (Å²) in [6, 6.07) is 8.10. The van der Waals surface area contributed by atoms with Gasteiger partial charge in [-0.1, -0.05) is 39.3 Å². The van der Waals surface area contributed by atoms with Crippen molar-refractivity contribution in [2.45, 2.75) is 13.3 Å². The van der Waals surface area contributed by atoms with Crippen LogP contribution in [0.2, 0.25) is 0 Å². The zero-order valence-electron chi connectivity index (χ0n) is 7.75. The van der Waals surface area contributed by atoms with Crippen LogP contribution in [0.15, 0.2) is 33.9 Å². The summed E-state index contributed by atoms with van der Waals surface area (Å²) in [5, 5.41) is 3.86. The lowest BCUT2D eigenvalue weighted by Gasteiger charge is -2.02. The summed E-state index contributed by atoms with van der Waals surface area (Å²) in [4.78, 5) is 4.69. The quantitative estimate of drug-likeness (QED) is 0.589. The van der Waals surface area contributed by atoms with E-state index in [9.17, 15) is 0 Å². The summed E-state index contributed by atoms with van der Waals surface area (Å²) < 4.78 is 1.11. The van der Waals surface area contributed by atoms with Crippen molar-refractivity contribution < 1.29 is 4.84 Å². The topological polar surface area (TPSA) is 21.6 Å². The Morgan fingerprint density at radius 1 is 1.46 bits per heavy atom.